The van der Waals surface area contributed by atoms with E-state index in [2.05, 4.69) is 34.0 Å². The second-order valence-corrected chi connectivity index (χ2v) is 6.45. The highest BCUT2D eigenvalue weighted by molar-refractivity contribution is 5.44. The SMILES string of the molecule is C[N+]1(Cc2ccc3c(c2)OCO3)CCN(c2ncccn2)CC1. The molecule has 6 heteroatoms. The van der Waals surface area contributed by atoms with E-state index >= 15 is 0 Å². The zero-order chi connectivity index (χ0) is 15.7. The maximum Gasteiger partial charge on any atom is 0.231 e. The molecule has 0 bridgehead atoms. The average molecular weight is 313 g/mol. The predicted octanol–water partition coefficient (Wildman–Crippen LogP) is 1.67. The molecule has 2 aliphatic heterocycles. The molecule has 0 spiro atoms. The van der Waals surface area contributed by atoms with Gasteiger partial charge >= 0.3 is 0 Å². The first-order chi connectivity index (χ1) is 11.2. The highest BCUT2D eigenvalue weighted by atomic mass is 16.7. The van der Waals surface area contributed by atoms with E-state index in [0.29, 0.717) is 6.79 Å². The molecule has 6 nitrogen and oxygen atoms in total. The molecule has 4 rings (SSSR count). The van der Waals surface area contributed by atoms with Gasteiger partial charge < -0.3 is 18.9 Å². The van der Waals surface area contributed by atoms with E-state index in [0.717, 1.165) is 54.7 Å². The third-order valence-electron chi connectivity index (χ3n) is 4.66. The number of hydrogen-bond acceptors (Lipinski definition) is 5. The number of nitrogens with zero attached hydrogens (tertiary/aromatic N) is 4. The zero-order valence-electron chi connectivity index (χ0n) is 13.3. The lowest BCUT2D eigenvalue weighted by Gasteiger charge is -2.42. The Labute approximate surface area is 135 Å². The van der Waals surface area contributed by atoms with Gasteiger partial charge in [0.05, 0.1) is 33.2 Å². The highest BCUT2D eigenvalue weighted by Gasteiger charge is 2.30. The second-order valence-electron chi connectivity index (χ2n) is 6.45. The van der Waals surface area contributed by atoms with Gasteiger partial charge in [0.2, 0.25) is 12.7 Å². The van der Waals surface area contributed by atoms with Crippen LogP contribution >= 0.6 is 0 Å². The first-order valence-corrected chi connectivity index (χ1v) is 7.96. The normalized spacial score (nSPS) is 18.9. The fraction of sp³-hybridized carbons (Fsp3) is 0.412. The van der Waals surface area contributed by atoms with Gasteiger partial charge in [-0.3, -0.25) is 0 Å². The number of aromatic nitrogens is 2. The molecule has 23 heavy (non-hydrogen) atoms. The Balaban J connectivity index is 1.42. The van der Waals surface area contributed by atoms with Crippen LogP contribution in [-0.2, 0) is 6.54 Å². The van der Waals surface area contributed by atoms with Gasteiger partial charge in [-0.2, -0.15) is 0 Å². The Morgan fingerprint density at radius 3 is 2.61 bits per heavy atom. The molecule has 0 unspecified atom stereocenters. The quantitative estimate of drug-likeness (QED) is 0.807. The first kappa shape index (κ1) is 14.3. The molecule has 3 heterocycles. The van der Waals surface area contributed by atoms with Crippen molar-refractivity contribution in [2.24, 2.45) is 0 Å². The maximum atomic E-state index is 5.48. The standard InChI is InChI=1S/C17H21N4O2/c1-21(12-14-3-4-15-16(11-14)23-13-22-15)9-7-20(8-10-21)17-18-5-2-6-19-17/h2-6,11H,7-10,12-13H2,1H3/q+1. The van der Waals surface area contributed by atoms with Crippen molar-refractivity contribution in [3.8, 4) is 11.5 Å². The number of quaternary nitrogens is 1. The number of piperazine rings is 1. The third kappa shape index (κ3) is 2.94. The predicted molar refractivity (Wildman–Crippen MR) is 86.4 cm³/mol. The number of likely N-dealkylation sites (N-methyl/N-ethyl adjacent to an activating group) is 1. The topological polar surface area (TPSA) is 47.5 Å². The van der Waals surface area contributed by atoms with Crippen molar-refractivity contribution in [1.82, 2.24) is 9.97 Å². The number of anilines is 1. The molecule has 1 aromatic heterocycles. The Bertz CT molecular complexity index is 684. The summed E-state index contributed by atoms with van der Waals surface area (Å²) in [5.41, 5.74) is 1.29. The monoisotopic (exact) mass is 313 g/mol. The van der Waals surface area contributed by atoms with Gasteiger partial charge in [0.15, 0.2) is 11.5 Å². The summed E-state index contributed by atoms with van der Waals surface area (Å²) in [5, 5.41) is 0. The molecule has 0 atom stereocenters. The molecule has 1 fully saturated rings. The minimum Gasteiger partial charge on any atom is -0.454 e. The molecule has 0 radical (unpaired) electrons. The van der Waals surface area contributed by atoms with Crippen molar-refractivity contribution in [2.75, 3.05) is 44.9 Å². The van der Waals surface area contributed by atoms with Crippen LogP contribution in [0.25, 0.3) is 0 Å². The lowest BCUT2D eigenvalue weighted by molar-refractivity contribution is -0.923. The summed E-state index contributed by atoms with van der Waals surface area (Å²) >= 11 is 0. The van der Waals surface area contributed by atoms with Crippen molar-refractivity contribution in [1.29, 1.82) is 0 Å². The summed E-state index contributed by atoms with van der Waals surface area (Å²) < 4.78 is 11.9. The fourth-order valence-corrected chi connectivity index (χ4v) is 3.24. The molecule has 2 aromatic rings. The van der Waals surface area contributed by atoms with E-state index in [1.54, 1.807) is 12.4 Å². The Morgan fingerprint density at radius 2 is 1.83 bits per heavy atom. The summed E-state index contributed by atoms with van der Waals surface area (Å²) in [6, 6.07) is 8.12. The minimum atomic E-state index is 0.330. The van der Waals surface area contributed by atoms with Gasteiger partial charge in [0, 0.05) is 18.0 Å². The molecular weight excluding hydrogens is 292 g/mol. The van der Waals surface area contributed by atoms with Crippen molar-refractivity contribution in [2.45, 2.75) is 6.54 Å². The van der Waals surface area contributed by atoms with Gasteiger partial charge in [-0.05, 0) is 24.3 Å². The lowest BCUT2D eigenvalue weighted by atomic mass is 10.1. The molecule has 0 saturated carbocycles. The Kier molecular flexibility index (Phi) is 3.53. The van der Waals surface area contributed by atoms with Crippen LogP contribution in [0.5, 0.6) is 11.5 Å². The lowest BCUT2D eigenvalue weighted by Crippen LogP contribution is -2.57. The summed E-state index contributed by atoms with van der Waals surface area (Å²) in [5.74, 6) is 2.55. The number of fused-ring (bicyclic) bond motifs is 1. The van der Waals surface area contributed by atoms with Gasteiger partial charge in [-0.1, -0.05) is 0 Å². The molecule has 0 N–H and O–H groups in total. The number of rotatable bonds is 3. The number of benzene rings is 1. The number of hydrogen-bond donors (Lipinski definition) is 0. The highest BCUT2D eigenvalue weighted by Crippen LogP contribution is 2.33. The van der Waals surface area contributed by atoms with E-state index in [1.807, 2.05) is 12.1 Å². The Morgan fingerprint density at radius 1 is 1.09 bits per heavy atom. The van der Waals surface area contributed by atoms with Crippen LogP contribution in [0.1, 0.15) is 5.56 Å². The van der Waals surface area contributed by atoms with Crippen LogP contribution in [0.3, 0.4) is 0 Å². The molecule has 120 valence electrons. The van der Waals surface area contributed by atoms with Crippen LogP contribution < -0.4 is 14.4 Å². The fourth-order valence-electron chi connectivity index (χ4n) is 3.24. The van der Waals surface area contributed by atoms with Crippen LogP contribution in [0.2, 0.25) is 0 Å². The first-order valence-electron chi connectivity index (χ1n) is 7.96. The van der Waals surface area contributed by atoms with Gasteiger partial charge in [-0.15, -0.1) is 0 Å². The molecular formula is C17H21N4O2+. The van der Waals surface area contributed by atoms with Crippen molar-refractivity contribution < 1.29 is 14.0 Å². The molecule has 2 aliphatic rings. The van der Waals surface area contributed by atoms with Crippen LogP contribution in [0.4, 0.5) is 5.95 Å². The molecule has 0 aliphatic carbocycles. The number of ether oxygens (including phenoxy) is 2. The summed E-state index contributed by atoms with van der Waals surface area (Å²) in [7, 11) is 2.31. The van der Waals surface area contributed by atoms with Crippen molar-refractivity contribution in [3.05, 3.63) is 42.2 Å². The molecule has 1 aromatic carbocycles. The van der Waals surface area contributed by atoms with Crippen LogP contribution in [0, 0.1) is 0 Å². The average Bonchev–Trinajstić information content (AvgIpc) is 3.04. The maximum absolute atomic E-state index is 5.48. The Hall–Kier alpha value is -2.34. The van der Waals surface area contributed by atoms with Crippen LogP contribution in [0.15, 0.2) is 36.7 Å². The van der Waals surface area contributed by atoms with Gasteiger partial charge in [0.1, 0.15) is 6.54 Å². The van der Waals surface area contributed by atoms with E-state index < -0.39 is 0 Å². The van der Waals surface area contributed by atoms with Crippen molar-refractivity contribution >= 4 is 5.95 Å². The smallest absolute Gasteiger partial charge is 0.231 e. The van der Waals surface area contributed by atoms with E-state index in [4.69, 9.17) is 9.47 Å². The van der Waals surface area contributed by atoms with E-state index in [9.17, 15) is 0 Å². The second kappa shape index (κ2) is 5.70. The molecule has 1 saturated heterocycles. The molecule has 0 amide bonds. The minimum absolute atomic E-state index is 0.330. The van der Waals surface area contributed by atoms with Gasteiger partial charge in [0.25, 0.3) is 0 Å². The van der Waals surface area contributed by atoms with E-state index in [-0.39, 0.29) is 0 Å². The summed E-state index contributed by atoms with van der Waals surface area (Å²) in [6.45, 7) is 5.44. The summed E-state index contributed by atoms with van der Waals surface area (Å²) in [6.07, 6.45) is 3.61. The summed E-state index contributed by atoms with van der Waals surface area (Å²) in [4.78, 5) is 11.0. The third-order valence-corrected chi connectivity index (χ3v) is 4.66. The zero-order valence-corrected chi connectivity index (χ0v) is 13.3. The van der Waals surface area contributed by atoms with Crippen molar-refractivity contribution in [3.63, 3.8) is 0 Å². The largest absolute Gasteiger partial charge is 0.454 e. The van der Waals surface area contributed by atoms with E-state index in [1.165, 1.54) is 5.56 Å². The van der Waals surface area contributed by atoms with Gasteiger partial charge in [-0.25, -0.2) is 9.97 Å². The van der Waals surface area contributed by atoms with Crippen LogP contribution in [-0.4, -0.2) is 54.5 Å².